The van der Waals surface area contributed by atoms with Crippen molar-refractivity contribution in [3.8, 4) is 0 Å². The van der Waals surface area contributed by atoms with Crippen molar-refractivity contribution >= 4 is 17.3 Å². The van der Waals surface area contributed by atoms with Crippen LogP contribution in [0.15, 0.2) is 71.9 Å². The first-order chi connectivity index (χ1) is 11.9. The highest BCUT2D eigenvalue weighted by atomic mass is 15.4. The van der Waals surface area contributed by atoms with Gasteiger partial charge in [-0.1, -0.05) is 61.4 Å². The number of fused-ring (bicyclic) bond motifs is 1. The van der Waals surface area contributed by atoms with Crippen LogP contribution in [0.4, 0.5) is 5.69 Å². The van der Waals surface area contributed by atoms with Crippen LogP contribution in [-0.2, 0) is 0 Å². The summed E-state index contributed by atoms with van der Waals surface area (Å²) in [5.41, 5.74) is 3.68. The van der Waals surface area contributed by atoms with Crippen LogP contribution in [0.2, 0.25) is 0 Å². The third-order valence-corrected chi connectivity index (χ3v) is 4.65. The lowest BCUT2D eigenvalue weighted by molar-refractivity contribution is 0.537. The van der Waals surface area contributed by atoms with Gasteiger partial charge in [-0.05, 0) is 30.5 Å². The second-order valence-corrected chi connectivity index (χ2v) is 6.33. The highest BCUT2D eigenvalue weighted by Crippen LogP contribution is 2.32. The molecule has 0 fully saturated rings. The molecule has 2 heterocycles. The van der Waals surface area contributed by atoms with E-state index in [2.05, 4.69) is 76.7 Å². The summed E-state index contributed by atoms with van der Waals surface area (Å²) in [6.45, 7) is 1.94. The molecule has 0 amide bonds. The number of hydrogen-bond acceptors (Lipinski definition) is 3. The topological polar surface area (TPSA) is 18.8 Å². The first-order valence-corrected chi connectivity index (χ1v) is 8.87. The minimum atomic E-state index is 0.908. The van der Waals surface area contributed by atoms with E-state index in [1.165, 1.54) is 42.6 Å². The third kappa shape index (κ3) is 2.94. The Kier molecular flexibility index (Phi) is 4.32. The van der Waals surface area contributed by atoms with Crippen molar-refractivity contribution in [1.82, 2.24) is 4.90 Å². The Morgan fingerprint density at radius 2 is 1.46 bits per heavy atom. The maximum Gasteiger partial charge on any atom is 0.210 e. The molecule has 0 spiro atoms. The van der Waals surface area contributed by atoms with Gasteiger partial charge in [0.2, 0.25) is 5.96 Å². The van der Waals surface area contributed by atoms with Crippen molar-refractivity contribution in [1.29, 1.82) is 0 Å². The normalized spacial score (nSPS) is 20.3. The molecule has 2 aliphatic rings. The Hall–Kier alpha value is -2.55. The first kappa shape index (κ1) is 15.0. The summed E-state index contributed by atoms with van der Waals surface area (Å²) in [5, 5.41) is 0. The van der Waals surface area contributed by atoms with E-state index in [0.717, 1.165) is 19.0 Å². The smallest absolute Gasteiger partial charge is 0.210 e. The Bertz CT molecular complexity index is 734. The van der Waals surface area contributed by atoms with Gasteiger partial charge in [0.25, 0.3) is 0 Å². The van der Waals surface area contributed by atoms with Crippen molar-refractivity contribution in [2.45, 2.75) is 25.7 Å². The van der Waals surface area contributed by atoms with Gasteiger partial charge in [-0.2, -0.15) is 0 Å². The molecule has 2 aromatic carbocycles. The summed E-state index contributed by atoms with van der Waals surface area (Å²) in [6, 6.07) is 21.2. The van der Waals surface area contributed by atoms with Crippen LogP contribution < -0.4 is 4.90 Å². The van der Waals surface area contributed by atoms with Crippen LogP contribution in [0.25, 0.3) is 5.70 Å². The van der Waals surface area contributed by atoms with Crippen LogP contribution in [0.1, 0.15) is 31.2 Å². The van der Waals surface area contributed by atoms with Gasteiger partial charge >= 0.3 is 0 Å². The average molecular weight is 317 g/mol. The number of guanidine groups is 1. The van der Waals surface area contributed by atoms with Gasteiger partial charge in [-0.3, -0.25) is 9.89 Å². The van der Waals surface area contributed by atoms with E-state index in [-0.39, 0.29) is 0 Å². The highest BCUT2D eigenvalue weighted by Gasteiger charge is 2.30. The molecule has 4 rings (SSSR count). The van der Waals surface area contributed by atoms with E-state index in [1.807, 2.05) is 0 Å². The number of aliphatic imine (C=N–C) groups is 1. The van der Waals surface area contributed by atoms with E-state index in [0.29, 0.717) is 0 Å². The number of para-hydroxylation sites is 1. The lowest BCUT2D eigenvalue weighted by atomic mass is 10.1. The van der Waals surface area contributed by atoms with E-state index in [1.54, 1.807) is 0 Å². The summed E-state index contributed by atoms with van der Waals surface area (Å²) >= 11 is 0. The number of rotatable bonds is 2. The molecule has 0 N–H and O–H groups in total. The van der Waals surface area contributed by atoms with Gasteiger partial charge in [-0.25, -0.2) is 0 Å². The van der Waals surface area contributed by atoms with Crippen LogP contribution in [-0.4, -0.2) is 23.9 Å². The molecule has 0 unspecified atom stereocenters. The SMILES string of the molecule is C1=C(c2ccccc2)N2CCCCCC/N=C\2N1c1ccccc1. The van der Waals surface area contributed by atoms with Gasteiger partial charge in [-0.15, -0.1) is 0 Å². The molecule has 122 valence electrons. The maximum absolute atomic E-state index is 4.96. The van der Waals surface area contributed by atoms with Gasteiger partial charge in [0.05, 0.1) is 5.70 Å². The van der Waals surface area contributed by atoms with Crippen molar-refractivity contribution in [3.63, 3.8) is 0 Å². The molecule has 24 heavy (non-hydrogen) atoms. The Labute approximate surface area is 143 Å². The third-order valence-electron chi connectivity index (χ3n) is 4.65. The minimum absolute atomic E-state index is 0.908. The maximum atomic E-state index is 4.96. The van der Waals surface area contributed by atoms with Gasteiger partial charge in [0.15, 0.2) is 0 Å². The summed E-state index contributed by atoms with van der Waals surface area (Å²) in [7, 11) is 0. The Morgan fingerprint density at radius 1 is 0.750 bits per heavy atom. The minimum Gasteiger partial charge on any atom is -0.310 e. The molecule has 2 aromatic rings. The van der Waals surface area contributed by atoms with Crippen LogP contribution in [0.3, 0.4) is 0 Å². The predicted molar refractivity (Wildman–Crippen MR) is 101 cm³/mol. The molecule has 0 saturated carbocycles. The molecule has 0 aliphatic carbocycles. The van der Waals surface area contributed by atoms with E-state index in [9.17, 15) is 0 Å². The summed E-state index contributed by atoms with van der Waals surface area (Å²) in [6.07, 6.45) is 7.20. The summed E-state index contributed by atoms with van der Waals surface area (Å²) in [5.74, 6) is 1.07. The van der Waals surface area contributed by atoms with Gasteiger partial charge in [0.1, 0.15) is 0 Å². The Morgan fingerprint density at radius 3 is 2.25 bits per heavy atom. The molecule has 3 heteroatoms. The number of anilines is 1. The number of hydrogen-bond donors (Lipinski definition) is 0. The zero-order chi connectivity index (χ0) is 16.2. The van der Waals surface area contributed by atoms with Crippen LogP contribution in [0, 0.1) is 0 Å². The molecule has 3 nitrogen and oxygen atoms in total. The summed E-state index contributed by atoms with van der Waals surface area (Å²) in [4.78, 5) is 9.60. The van der Waals surface area contributed by atoms with Crippen molar-refractivity contribution in [3.05, 3.63) is 72.4 Å². The number of benzene rings is 2. The lowest BCUT2D eigenvalue weighted by Gasteiger charge is -2.25. The fourth-order valence-electron chi connectivity index (χ4n) is 3.40. The zero-order valence-electron chi connectivity index (χ0n) is 13.9. The van der Waals surface area contributed by atoms with Gasteiger partial charge < -0.3 is 4.90 Å². The van der Waals surface area contributed by atoms with Crippen molar-refractivity contribution in [2.75, 3.05) is 18.0 Å². The van der Waals surface area contributed by atoms with Crippen molar-refractivity contribution < 1.29 is 0 Å². The second-order valence-electron chi connectivity index (χ2n) is 6.33. The largest absolute Gasteiger partial charge is 0.310 e. The highest BCUT2D eigenvalue weighted by molar-refractivity contribution is 6.07. The molecule has 0 bridgehead atoms. The lowest BCUT2D eigenvalue weighted by Crippen LogP contribution is -2.35. The monoisotopic (exact) mass is 317 g/mol. The fraction of sp³-hybridized carbons (Fsp3) is 0.286. The average Bonchev–Trinajstić information content (AvgIpc) is 3.05. The number of nitrogens with zero attached hydrogens (tertiary/aromatic N) is 3. The van der Waals surface area contributed by atoms with Crippen LogP contribution >= 0.6 is 0 Å². The molecule has 2 aliphatic heterocycles. The van der Waals surface area contributed by atoms with E-state index < -0.39 is 0 Å². The van der Waals surface area contributed by atoms with Crippen molar-refractivity contribution in [2.24, 2.45) is 4.99 Å². The fourth-order valence-corrected chi connectivity index (χ4v) is 3.40. The standard InChI is InChI=1S/C21H23N3/c1-2-10-16-23-20(18-11-5-3-6-12-18)17-24(21(23)22-15-9-1)19-13-7-4-8-14-19/h3-8,11-14,17H,1-2,9-10,15-16H2/b22-21+. The van der Waals surface area contributed by atoms with Crippen LogP contribution in [0.5, 0.6) is 0 Å². The molecular weight excluding hydrogens is 294 g/mol. The van der Waals surface area contributed by atoms with E-state index >= 15 is 0 Å². The molecule has 0 atom stereocenters. The quantitative estimate of drug-likeness (QED) is 0.797. The predicted octanol–water partition coefficient (Wildman–Crippen LogP) is 4.74. The van der Waals surface area contributed by atoms with E-state index in [4.69, 9.17) is 4.99 Å². The molecule has 0 radical (unpaired) electrons. The first-order valence-electron chi connectivity index (χ1n) is 8.87. The van der Waals surface area contributed by atoms with Gasteiger partial charge in [0, 0.05) is 25.0 Å². The summed E-state index contributed by atoms with van der Waals surface area (Å²) < 4.78 is 0. The second kappa shape index (κ2) is 6.91. The molecule has 0 saturated heterocycles. The molecule has 0 aromatic heterocycles. The Balaban J connectivity index is 1.78. The zero-order valence-corrected chi connectivity index (χ0v) is 13.9. The molecular formula is C21H23N3.